The number of carbonyl (C=O) groups excluding carboxylic acids is 1. The van der Waals surface area contributed by atoms with Crippen molar-refractivity contribution in [2.45, 2.75) is 81.2 Å². The Balaban J connectivity index is 0.000000213. The molecule has 0 spiro atoms. The summed E-state index contributed by atoms with van der Waals surface area (Å²) in [5, 5.41) is 26.6. The van der Waals surface area contributed by atoms with E-state index in [1.54, 1.807) is 6.33 Å². The number of ether oxygens (including phenoxy) is 2. The van der Waals surface area contributed by atoms with Crippen LogP contribution in [-0.4, -0.2) is 106 Å². The Morgan fingerprint density at radius 3 is 2.45 bits per heavy atom. The van der Waals surface area contributed by atoms with Crippen LogP contribution in [0.1, 0.15) is 51.1 Å². The molecule has 1 amide bonds. The first kappa shape index (κ1) is 40.8. The minimum absolute atomic E-state index is 0.0126. The van der Waals surface area contributed by atoms with Gasteiger partial charge in [-0.2, -0.15) is 14.3 Å². The molecule has 4 aromatic rings. The van der Waals surface area contributed by atoms with Gasteiger partial charge in [-0.25, -0.2) is 18.2 Å². The largest absolute Gasteiger partial charge is 0.444 e. The van der Waals surface area contributed by atoms with Crippen molar-refractivity contribution >= 4 is 44.7 Å². The fraction of sp³-hybridized carbons (Fsp3) is 0.487. The highest BCUT2D eigenvalue weighted by Crippen LogP contribution is 2.33. The number of hydrogen-bond acceptors (Lipinski definition) is 13. The van der Waals surface area contributed by atoms with Crippen molar-refractivity contribution in [3.05, 3.63) is 78.6 Å². The number of fused-ring (bicyclic) bond motifs is 1. The maximum atomic E-state index is 13.4. The molecule has 3 heterocycles. The summed E-state index contributed by atoms with van der Waals surface area (Å²) < 4.78 is 40.7. The van der Waals surface area contributed by atoms with E-state index in [-0.39, 0.29) is 54.5 Å². The number of nitrogen functional groups attached to an aromatic ring is 2. The standard InChI is InChI=1S/C25H35N3O6S.C14H18N6O/c1-18(2)15-28(35(31,32)22-10-8-20(26)9-11-22)16-24(29)23(14-19-6-4-3-5-7-19)27-25(30)34-21-12-13-33-17-21;15-14-18-12(17-9-2-3-9)11-13(19-14)20(7-16-11)10-4-1-8(5-10)6-21/h3-11,18,21,23-24,29H,12-17,26H2,1-2H3,(H,27,30);1,4,7-10,21H,2-3,5-6H2,(H3,15,17,18,19)/t21-,23-,24+;8-,10+/m01/s1. The summed E-state index contributed by atoms with van der Waals surface area (Å²) in [5.41, 5.74) is 14.4. The van der Waals surface area contributed by atoms with Crippen molar-refractivity contribution in [2.24, 2.45) is 11.8 Å². The van der Waals surface area contributed by atoms with Crippen LogP contribution in [0.5, 0.6) is 0 Å². The normalized spacial score (nSPS) is 20.5. The van der Waals surface area contributed by atoms with Crippen molar-refractivity contribution in [2.75, 3.05) is 49.7 Å². The first-order valence-corrected chi connectivity index (χ1v) is 20.5. The molecule has 302 valence electrons. The van der Waals surface area contributed by atoms with E-state index in [9.17, 15) is 23.4 Å². The SMILES string of the molecule is CC(C)CN(C[C@@H](O)[C@H](Cc1ccccc1)NC(=O)O[C@H]1CCOC1)S(=O)(=O)c1ccc(N)cc1.Nc1nc(NC2CC2)c2ncn([C@H]3C=C[C@@H](CO)C3)c2n1. The number of nitrogens with two attached hydrogens (primary N) is 2. The van der Waals surface area contributed by atoms with Crippen molar-refractivity contribution in [3.63, 3.8) is 0 Å². The third-order valence-electron chi connectivity index (χ3n) is 9.80. The molecule has 0 radical (unpaired) electrons. The zero-order valence-electron chi connectivity index (χ0n) is 31.8. The van der Waals surface area contributed by atoms with Gasteiger partial charge in [-0.1, -0.05) is 56.3 Å². The minimum atomic E-state index is -3.90. The van der Waals surface area contributed by atoms with E-state index >= 15 is 0 Å². The van der Waals surface area contributed by atoms with E-state index in [1.165, 1.54) is 28.6 Å². The molecule has 0 unspecified atom stereocenters. The van der Waals surface area contributed by atoms with Crippen LogP contribution in [0, 0.1) is 11.8 Å². The number of allylic oxidation sites excluding steroid dienone is 1. The minimum Gasteiger partial charge on any atom is -0.444 e. The van der Waals surface area contributed by atoms with Crippen LogP contribution in [-0.2, 0) is 25.9 Å². The summed E-state index contributed by atoms with van der Waals surface area (Å²) >= 11 is 0. The zero-order valence-corrected chi connectivity index (χ0v) is 32.6. The van der Waals surface area contributed by atoms with Gasteiger partial charge in [-0.05, 0) is 61.4 Å². The first-order chi connectivity index (χ1) is 26.9. The summed E-state index contributed by atoms with van der Waals surface area (Å²) in [7, 11) is -3.90. The number of nitrogens with one attached hydrogen (secondary N) is 2. The number of rotatable bonds is 15. The third-order valence-corrected chi connectivity index (χ3v) is 11.6. The van der Waals surface area contributed by atoms with E-state index in [0.29, 0.717) is 37.8 Å². The molecule has 7 rings (SSSR count). The number of benzene rings is 2. The van der Waals surface area contributed by atoms with Gasteiger partial charge in [0.2, 0.25) is 16.0 Å². The van der Waals surface area contributed by atoms with Gasteiger partial charge < -0.3 is 46.4 Å². The lowest BCUT2D eigenvalue weighted by Crippen LogP contribution is -2.51. The summed E-state index contributed by atoms with van der Waals surface area (Å²) in [6, 6.07) is 15.2. The number of nitrogens with zero attached hydrogens (tertiary/aromatic N) is 5. The smallest absolute Gasteiger partial charge is 0.407 e. The highest BCUT2D eigenvalue weighted by Gasteiger charge is 2.32. The Bertz CT molecular complexity index is 2040. The van der Waals surface area contributed by atoms with Crippen LogP contribution in [0.25, 0.3) is 11.2 Å². The van der Waals surface area contributed by atoms with Crippen LogP contribution >= 0.6 is 0 Å². The second-order valence-corrected chi connectivity index (χ2v) is 16.9. The molecule has 2 aliphatic carbocycles. The lowest BCUT2D eigenvalue weighted by molar-refractivity contribution is 0.0644. The molecule has 2 aromatic heterocycles. The molecule has 2 fully saturated rings. The second kappa shape index (κ2) is 18.4. The zero-order chi connectivity index (χ0) is 39.8. The van der Waals surface area contributed by atoms with Crippen molar-refractivity contribution in [1.29, 1.82) is 0 Å². The van der Waals surface area contributed by atoms with Gasteiger partial charge in [0.25, 0.3) is 0 Å². The van der Waals surface area contributed by atoms with Gasteiger partial charge in [0.15, 0.2) is 17.0 Å². The maximum Gasteiger partial charge on any atom is 0.407 e. The molecule has 0 bridgehead atoms. The average Bonchev–Trinajstić information content (AvgIpc) is 3.49. The van der Waals surface area contributed by atoms with Crippen molar-refractivity contribution in [1.82, 2.24) is 29.1 Å². The predicted octanol–water partition coefficient (Wildman–Crippen LogP) is 3.50. The second-order valence-electron chi connectivity index (χ2n) is 15.0. The molecular weight excluding hydrogens is 739 g/mol. The lowest BCUT2D eigenvalue weighted by atomic mass is 10.0. The Kier molecular flexibility index (Phi) is 13.4. The molecular formula is C39H53N9O7S. The van der Waals surface area contributed by atoms with Crippen LogP contribution in [0.15, 0.2) is 78.0 Å². The number of aliphatic hydroxyl groups is 2. The molecule has 2 aromatic carbocycles. The van der Waals surface area contributed by atoms with Gasteiger partial charge in [0, 0.05) is 43.8 Å². The van der Waals surface area contributed by atoms with Crippen molar-refractivity contribution < 1.29 is 32.9 Å². The Morgan fingerprint density at radius 2 is 1.80 bits per heavy atom. The van der Waals surface area contributed by atoms with E-state index in [1.807, 2.05) is 54.8 Å². The Labute approximate surface area is 327 Å². The van der Waals surface area contributed by atoms with E-state index in [4.69, 9.17) is 20.9 Å². The van der Waals surface area contributed by atoms with Crippen LogP contribution in [0.4, 0.5) is 22.2 Å². The molecule has 1 aliphatic heterocycles. The third kappa shape index (κ3) is 10.7. The van der Waals surface area contributed by atoms with E-state index in [2.05, 4.69) is 31.7 Å². The molecule has 5 atom stereocenters. The number of aliphatic hydroxyl groups excluding tert-OH is 2. The number of carbonyl (C=O) groups is 1. The van der Waals surface area contributed by atoms with Gasteiger partial charge in [0.1, 0.15) is 6.10 Å². The summed E-state index contributed by atoms with van der Waals surface area (Å²) in [5.74, 6) is 1.20. The average molecular weight is 792 g/mol. The fourth-order valence-electron chi connectivity index (χ4n) is 6.69. The van der Waals surface area contributed by atoms with Gasteiger partial charge >= 0.3 is 6.09 Å². The van der Waals surface area contributed by atoms with Gasteiger partial charge in [-0.15, -0.1) is 0 Å². The molecule has 17 heteroatoms. The number of alkyl carbamates (subject to hydrolysis) is 1. The monoisotopic (exact) mass is 791 g/mol. The Hall–Kier alpha value is -4.81. The number of amides is 1. The Morgan fingerprint density at radius 1 is 1.05 bits per heavy atom. The van der Waals surface area contributed by atoms with Gasteiger partial charge in [0.05, 0.1) is 42.6 Å². The fourth-order valence-corrected chi connectivity index (χ4v) is 8.31. The topological polar surface area (TPSA) is 233 Å². The first-order valence-electron chi connectivity index (χ1n) is 19.1. The van der Waals surface area contributed by atoms with Gasteiger partial charge in [-0.3, -0.25) is 0 Å². The molecule has 16 nitrogen and oxygen atoms in total. The highest BCUT2D eigenvalue weighted by atomic mass is 32.2. The molecule has 3 aliphatic rings. The van der Waals surface area contributed by atoms with Crippen molar-refractivity contribution in [3.8, 4) is 0 Å². The lowest BCUT2D eigenvalue weighted by Gasteiger charge is -2.30. The number of sulfonamides is 1. The number of hydrogen-bond donors (Lipinski definition) is 6. The van der Waals surface area contributed by atoms with Crippen LogP contribution in [0.3, 0.4) is 0 Å². The molecule has 56 heavy (non-hydrogen) atoms. The number of anilines is 3. The predicted molar refractivity (Wildman–Crippen MR) is 213 cm³/mol. The number of aromatic nitrogens is 4. The van der Waals surface area contributed by atoms with E-state index < -0.39 is 28.3 Å². The number of imidazole rings is 1. The molecule has 1 saturated carbocycles. The quantitative estimate of drug-likeness (QED) is 0.0749. The maximum absolute atomic E-state index is 13.4. The van der Waals surface area contributed by atoms with Crippen LogP contribution in [0.2, 0.25) is 0 Å². The summed E-state index contributed by atoms with van der Waals surface area (Å²) in [6.45, 7) is 4.84. The van der Waals surface area contributed by atoms with Crippen LogP contribution < -0.4 is 22.1 Å². The summed E-state index contributed by atoms with van der Waals surface area (Å²) in [6.07, 6.45) is 7.82. The molecule has 1 saturated heterocycles. The summed E-state index contributed by atoms with van der Waals surface area (Å²) in [4.78, 5) is 25.7. The highest BCUT2D eigenvalue weighted by molar-refractivity contribution is 7.89. The molecule has 8 N–H and O–H groups in total. The van der Waals surface area contributed by atoms with E-state index in [0.717, 1.165) is 41.8 Å².